The van der Waals surface area contributed by atoms with Crippen LogP contribution in [0, 0.1) is 11.8 Å². The molecule has 2 amide bonds. The van der Waals surface area contributed by atoms with Gasteiger partial charge in [-0.1, -0.05) is 19.8 Å². The van der Waals surface area contributed by atoms with Gasteiger partial charge in [0.1, 0.15) is 11.9 Å². The number of amides is 2. The van der Waals surface area contributed by atoms with Gasteiger partial charge in [-0.25, -0.2) is 4.79 Å². The van der Waals surface area contributed by atoms with Crippen molar-refractivity contribution in [3.05, 3.63) is 0 Å². The maximum atomic E-state index is 11.6. The van der Waals surface area contributed by atoms with Gasteiger partial charge in [-0.2, -0.15) is 0 Å². The van der Waals surface area contributed by atoms with Gasteiger partial charge in [-0.15, -0.1) is 11.6 Å². The Balaban J connectivity index is 0.000000519. The molecule has 126 valence electrons. The molecule has 1 saturated carbocycles. The van der Waals surface area contributed by atoms with Gasteiger partial charge in [0, 0.05) is 12.5 Å². The largest absolute Gasteiger partial charge is 0.467 e. The molecule has 0 bridgehead atoms. The first-order valence-electron chi connectivity index (χ1n) is 7.68. The lowest BCUT2D eigenvalue weighted by Gasteiger charge is -2.25. The number of rotatable bonds is 5. The second kappa shape index (κ2) is 9.66. The van der Waals surface area contributed by atoms with E-state index < -0.39 is 17.9 Å². The molecule has 2 atom stereocenters. The number of piperidine rings is 1. The highest BCUT2D eigenvalue weighted by atomic mass is 35.5. The van der Waals surface area contributed by atoms with Crippen molar-refractivity contribution < 1.29 is 19.1 Å². The van der Waals surface area contributed by atoms with Crippen LogP contribution in [0.3, 0.4) is 0 Å². The van der Waals surface area contributed by atoms with E-state index in [2.05, 4.69) is 22.3 Å². The Labute approximate surface area is 136 Å². The fourth-order valence-corrected chi connectivity index (χ4v) is 2.18. The third-order valence-corrected chi connectivity index (χ3v) is 3.97. The summed E-state index contributed by atoms with van der Waals surface area (Å²) in [5, 5.41) is 5.19. The zero-order chi connectivity index (χ0) is 16.5. The average molecular weight is 333 g/mol. The van der Waals surface area contributed by atoms with Crippen LogP contribution in [0.4, 0.5) is 0 Å². The summed E-state index contributed by atoms with van der Waals surface area (Å²) < 4.78 is 4.61. The van der Waals surface area contributed by atoms with Gasteiger partial charge in [0.2, 0.25) is 11.8 Å². The van der Waals surface area contributed by atoms with E-state index in [1.54, 1.807) is 0 Å². The van der Waals surface area contributed by atoms with Crippen LogP contribution in [0.15, 0.2) is 0 Å². The maximum absolute atomic E-state index is 11.6. The number of halogens is 1. The van der Waals surface area contributed by atoms with Crippen LogP contribution in [-0.2, 0) is 19.1 Å². The monoisotopic (exact) mass is 332 g/mol. The molecule has 2 rings (SSSR count). The number of methoxy groups -OCH3 is 1. The lowest BCUT2D eigenvalue weighted by Crippen LogP contribution is -2.46. The smallest absolute Gasteiger partial charge is 0.328 e. The Bertz CT molecular complexity index is 399. The van der Waals surface area contributed by atoms with Crippen molar-refractivity contribution in [3.8, 4) is 0 Å². The van der Waals surface area contributed by atoms with E-state index in [1.165, 1.54) is 20.0 Å². The van der Waals surface area contributed by atoms with Crippen molar-refractivity contribution in [1.29, 1.82) is 0 Å². The number of hydrogen-bond donors (Lipinski definition) is 2. The van der Waals surface area contributed by atoms with Gasteiger partial charge in [0.15, 0.2) is 0 Å². The summed E-state index contributed by atoms with van der Waals surface area (Å²) in [6.45, 7) is 2.94. The summed E-state index contributed by atoms with van der Waals surface area (Å²) in [4.78, 5) is 34.3. The molecule has 22 heavy (non-hydrogen) atoms. The predicted octanol–water partition coefficient (Wildman–Crippen LogP) is 1.22. The van der Waals surface area contributed by atoms with Crippen LogP contribution in [0.2, 0.25) is 0 Å². The van der Waals surface area contributed by atoms with E-state index >= 15 is 0 Å². The number of hydrogen-bond acceptors (Lipinski definition) is 4. The number of nitrogens with one attached hydrogen (secondary N) is 2. The van der Waals surface area contributed by atoms with Gasteiger partial charge >= 0.3 is 5.97 Å². The van der Waals surface area contributed by atoms with Gasteiger partial charge < -0.3 is 15.4 Å². The minimum Gasteiger partial charge on any atom is -0.467 e. The van der Waals surface area contributed by atoms with Crippen LogP contribution in [0.5, 0.6) is 0 Å². The average Bonchev–Trinajstić information content (AvgIpc) is 3.30. The number of carbonyl (C=O) groups is 3. The van der Waals surface area contributed by atoms with Crippen molar-refractivity contribution >= 4 is 29.4 Å². The van der Waals surface area contributed by atoms with Crippen LogP contribution in [0.25, 0.3) is 0 Å². The van der Waals surface area contributed by atoms with Gasteiger partial charge in [0.05, 0.1) is 7.11 Å². The van der Waals surface area contributed by atoms with Crippen molar-refractivity contribution in [1.82, 2.24) is 10.6 Å². The molecule has 0 spiro atoms. The molecule has 2 unspecified atom stereocenters. The standard InChI is InChI=1S/C11H17ClN2O4.C4H8/c1-18-11(17)8(14-9(15)6-12)5-7-3-2-4-13-10(7)16;1-4-2-3-4/h7-8H,2-6H2,1H3,(H,13,16)(H,14,15);4H,2-3H2,1H3. The highest BCUT2D eigenvalue weighted by Gasteiger charge is 2.30. The normalized spacial score (nSPS) is 21.8. The first-order valence-corrected chi connectivity index (χ1v) is 8.22. The Hall–Kier alpha value is -1.30. The van der Waals surface area contributed by atoms with E-state index in [1.807, 2.05) is 0 Å². The van der Waals surface area contributed by atoms with Gasteiger partial charge in [-0.3, -0.25) is 9.59 Å². The predicted molar refractivity (Wildman–Crippen MR) is 83.4 cm³/mol. The quantitative estimate of drug-likeness (QED) is 0.585. The number of alkyl halides is 1. The van der Waals surface area contributed by atoms with Crippen LogP contribution < -0.4 is 10.6 Å². The maximum Gasteiger partial charge on any atom is 0.328 e. The molecule has 1 aliphatic carbocycles. The fourth-order valence-electron chi connectivity index (χ4n) is 2.10. The van der Waals surface area contributed by atoms with E-state index in [4.69, 9.17) is 11.6 Å². The van der Waals surface area contributed by atoms with Crippen molar-refractivity contribution in [2.24, 2.45) is 11.8 Å². The van der Waals surface area contributed by atoms with Gasteiger partial charge in [-0.05, 0) is 25.2 Å². The lowest BCUT2D eigenvalue weighted by molar-refractivity contribution is -0.145. The van der Waals surface area contributed by atoms with Crippen molar-refractivity contribution in [2.75, 3.05) is 19.5 Å². The van der Waals surface area contributed by atoms with E-state index in [-0.39, 0.29) is 24.1 Å². The van der Waals surface area contributed by atoms with Crippen LogP contribution >= 0.6 is 11.6 Å². The summed E-state index contributed by atoms with van der Waals surface area (Å²) in [6.07, 6.45) is 4.78. The molecule has 2 fully saturated rings. The topological polar surface area (TPSA) is 84.5 Å². The van der Waals surface area contributed by atoms with Gasteiger partial charge in [0.25, 0.3) is 0 Å². The lowest BCUT2D eigenvalue weighted by atomic mass is 9.91. The highest BCUT2D eigenvalue weighted by Crippen LogP contribution is 2.26. The summed E-state index contributed by atoms with van der Waals surface area (Å²) in [7, 11) is 1.24. The summed E-state index contributed by atoms with van der Waals surface area (Å²) >= 11 is 5.37. The molecule has 2 aliphatic rings. The molecule has 0 radical (unpaired) electrons. The Morgan fingerprint density at radius 1 is 1.41 bits per heavy atom. The molecule has 0 aromatic heterocycles. The molecule has 0 aromatic carbocycles. The van der Waals surface area contributed by atoms with E-state index in [0.717, 1.165) is 12.3 Å². The summed E-state index contributed by atoms with van der Waals surface area (Å²) in [5.74, 6) is -0.534. The molecular formula is C15H25ClN2O4. The van der Waals surface area contributed by atoms with Crippen LogP contribution in [0.1, 0.15) is 39.0 Å². The minimum absolute atomic E-state index is 0.0877. The summed E-state index contributed by atoms with van der Waals surface area (Å²) in [6, 6.07) is -0.824. The van der Waals surface area contributed by atoms with E-state index in [9.17, 15) is 14.4 Å². The third kappa shape index (κ3) is 7.11. The van der Waals surface area contributed by atoms with Crippen LogP contribution in [-0.4, -0.2) is 43.4 Å². The molecule has 6 nitrogen and oxygen atoms in total. The highest BCUT2D eigenvalue weighted by molar-refractivity contribution is 6.27. The zero-order valence-corrected chi connectivity index (χ0v) is 13.9. The third-order valence-electron chi connectivity index (χ3n) is 3.73. The molecule has 7 heteroatoms. The van der Waals surface area contributed by atoms with Crippen molar-refractivity contribution in [2.45, 2.75) is 45.1 Å². The Kier molecular flexibility index (Phi) is 8.24. The number of ether oxygens (including phenoxy) is 1. The zero-order valence-electron chi connectivity index (χ0n) is 13.2. The van der Waals surface area contributed by atoms with Crippen molar-refractivity contribution in [3.63, 3.8) is 0 Å². The second-order valence-corrected chi connectivity index (χ2v) is 6.09. The molecule has 1 aliphatic heterocycles. The minimum atomic E-state index is -0.824. The first kappa shape index (κ1) is 18.7. The number of esters is 1. The molecule has 1 saturated heterocycles. The Morgan fingerprint density at radius 3 is 2.50 bits per heavy atom. The SMILES string of the molecule is CC1CC1.COC(=O)C(CC1CCCNC1=O)NC(=O)CCl. The molecule has 1 heterocycles. The number of carbonyl (C=O) groups excluding carboxylic acids is 3. The first-order chi connectivity index (χ1) is 10.5. The molecule has 2 N–H and O–H groups in total. The fraction of sp³-hybridized carbons (Fsp3) is 0.800. The summed E-state index contributed by atoms with van der Waals surface area (Å²) in [5.41, 5.74) is 0. The van der Waals surface area contributed by atoms with E-state index in [0.29, 0.717) is 13.0 Å². The Morgan fingerprint density at radius 2 is 2.05 bits per heavy atom. The molecular weight excluding hydrogens is 308 g/mol. The second-order valence-electron chi connectivity index (χ2n) is 5.83. The molecule has 0 aromatic rings.